The van der Waals surface area contributed by atoms with Crippen LogP contribution in [0.25, 0.3) is 0 Å². The van der Waals surface area contributed by atoms with Crippen LogP contribution in [0.2, 0.25) is 5.02 Å². The fraction of sp³-hybridized carbons (Fsp3) is 0.429. The number of benzene rings is 1. The van der Waals surface area contributed by atoms with Gasteiger partial charge < -0.3 is 15.4 Å². The van der Waals surface area contributed by atoms with E-state index in [-0.39, 0.29) is 24.2 Å². The van der Waals surface area contributed by atoms with Crippen molar-refractivity contribution in [3.63, 3.8) is 0 Å². The second kappa shape index (κ2) is 6.61. The molecule has 2 rings (SSSR count). The fourth-order valence-electron chi connectivity index (χ4n) is 1.94. The zero-order valence-electron chi connectivity index (χ0n) is 11.2. The van der Waals surface area contributed by atoms with E-state index in [9.17, 15) is 9.59 Å². The van der Waals surface area contributed by atoms with Crippen molar-refractivity contribution in [2.45, 2.75) is 19.8 Å². The minimum Gasteiger partial charge on any atom is -0.492 e. The third kappa shape index (κ3) is 3.63. The van der Waals surface area contributed by atoms with Gasteiger partial charge >= 0.3 is 0 Å². The number of nitrogens with one attached hydrogen (secondary N) is 2. The van der Waals surface area contributed by atoms with E-state index in [0.717, 1.165) is 6.42 Å². The maximum Gasteiger partial charge on any atom is 0.229 e. The quantitative estimate of drug-likeness (QED) is 0.875. The number of anilines is 1. The number of rotatable bonds is 5. The van der Waals surface area contributed by atoms with Crippen LogP contribution in [-0.4, -0.2) is 25.0 Å². The average molecular weight is 297 g/mol. The molecular formula is C14H17ClN2O3. The van der Waals surface area contributed by atoms with Gasteiger partial charge in [0, 0.05) is 18.7 Å². The number of ether oxygens (including phenoxy) is 1. The van der Waals surface area contributed by atoms with Crippen LogP contribution in [0.15, 0.2) is 18.2 Å². The Labute approximate surface area is 122 Å². The highest BCUT2D eigenvalue weighted by atomic mass is 35.5. The van der Waals surface area contributed by atoms with Gasteiger partial charge in [-0.1, -0.05) is 18.5 Å². The van der Waals surface area contributed by atoms with Gasteiger partial charge in [0.2, 0.25) is 11.8 Å². The first-order valence-corrected chi connectivity index (χ1v) is 6.98. The van der Waals surface area contributed by atoms with Crippen molar-refractivity contribution < 1.29 is 14.3 Å². The Balaban J connectivity index is 1.97. The second-order valence-electron chi connectivity index (χ2n) is 4.69. The topological polar surface area (TPSA) is 67.4 Å². The zero-order valence-corrected chi connectivity index (χ0v) is 12.0. The molecule has 1 aliphatic rings. The average Bonchev–Trinajstić information content (AvgIpc) is 2.85. The number of amides is 2. The Morgan fingerprint density at radius 1 is 1.55 bits per heavy atom. The van der Waals surface area contributed by atoms with Crippen LogP contribution in [0, 0.1) is 5.92 Å². The molecule has 0 bridgehead atoms. The van der Waals surface area contributed by atoms with E-state index in [0.29, 0.717) is 29.6 Å². The van der Waals surface area contributed by atoms with Gasteiger partial charge in [0.25, 0.3) is 0 Å². The largest absolute Gasteiger partial charge is 0.492 e. The summed E-state index contributed by atoms with van der Waals surface area (Å²) in [6.45, 7) is 3.00. The molecule has 1 aliphatic heterocycles. The van der Waals surface area contributed by atoms with Gasteiger partial charge in [0.15, 0.2) is 0 Å². The summed E-state index contributed by atoms with van der Waals surface area (Å²) >= 11 is 6.09. The summed E-state index contributed by atoms with van der Waals surface area (Å²) in [5.41, 5.74) is 0.600. The van der Waals surface area contributed by atoms with Crippen molar-refractivity contribution in [3.05, 3.63) is 23.2 Å². The van der Waals surface area contributed by atoms with E-state index in [2.05, 4.69) is 10.6 Å². The lowest BCUT2D eigenvalue weighted by molar-refractivity contribution is -0.123. The van der Waals surface area contributed by atoms with Crippen LogP contribution in [0.5, 0.6) is 5.75 Å². The Kier molecular flexibility index (Phi) is 4.84. The van der Waals surface area contributed by atoms with Gasteiger partial charge in [0.05, 0.1) is 17.5 Å². The van der Waals surface area contributed by atoms with E-state index in [1.807, 2.05) is 6.92 Å². The molecule has 1 atom stereocenters. The van der Waals surface area contributed by atoms with E-state index < -0.39 is 0 Å². The predicted octanol–water partition coefficient (Wildman–Crippen LogP) is 2.20. The van der Waals surface area contributed by atoms with Crippen LogP contribution in [0.1, 0.15) is 19.8 Å². The standard InChI is InChI=1S/C14H17ClN2O3/c1-2-5-20-12-4-3-10(7-11(12)15)17-14(19)9-6-13(18)16-8-9/h3-4,7,9H,2,5-6,8H2,1H3,(H,16,18)(H,17,19). The Bertz CT molecular complexity index is 519. The summed E-state index contributed by atoms with van der Waals surface area (Å²) in [4.78, 5) is 23.0. The molecule has 1 fully saturated rings. The maximum atomic E-state index is 12.0. The van der Waals surface area contributed by atoms with Crippen molar-refractivity contribution in [1.82, 2.24) is 5.32 Å². The molecule has 6 heteroatoms. The van der Waals surface area contributed by atoms with Gasteiger partial charge in [0.1, 0.15) is 5.75 Å². The highest BCUT2D eigenvalue weighted by Gasteiger charge is 2.27. The molecule has 0 spiro atoms. The van der Waals surface area contributed by atoms with Crippen molar-refractivity contribution in [2.24, 2.45) is 5.92 Å². The predicted molar refractivity (Wildman–Crippen MR) is 77.0 cm³/mol. The monoisotopic (exact) mass is 296 g/mol. The van der Waals surface area contributed by atoms with E-state index in [4.69, 9.17) is 16.3 Å². The van der Waals surface area contributed by atoms with Crippen LogP contribution < -0.4 is 15.4 Å². The third-order valence-corrected chi connectivity index (χ3v) is 3.30. The molecule has 1 aromatic rings. The number of halogens is 1. The Hall–Kier alpha value is -1.75. The molecule has 2 amide bonds. The van der Waals surface area contributed by atoms with Crippen LogP contribution in [-0.2, 0) is 9.59 Å². The molecule has 0 aliphatic carbocycles. The fourth-order valence-corrected chi connectivity index (χ4v) is 2.18. The molecule has 5 nitrogen and oxygen atoms in total. The number of hydrogen-bond acceptors (Lipinski definition) is 3. The van der Waals surface area contributed by atoms with Crippen molar-refractivity contribution in [2.75, 3.05) is 18.5 Å². The molecular weight excluding hydrogens is 280 g/mol. The Morgan fingerprint density at radius 3 is 2.95 bits per heavy atom. The Morgan fingerprint density at radius 2 is 2.35 bits per heavy atom. The molecule has 0 radical (unpaired) electrons. The van der Waals surface area contributed by atoms with Crippen molar-refractivity contribution >= 4 is 29.1 Å². The normalized spacial score (nSPS) is 17.7. The first-order chi connectivity index (χ1) is 9.60. The van der Waals surface area contributed by atoms with Crippen LogP contribution >= 0.6 is 11.6 Å². The lowest BCUT2D eigenvalue weighted by Crippen LogP contribution is -2.24. The molecule has 1 aromatic carbocycles. The second-order valence-corrected chi connectivity index (χ2v) is 5.10. The summed E-state index contributed by atoms with van der Waals surface area (Å²) in [5, 5.41) is 5.85. The lowest BCUT2D eigenvalue weighted by Gasteiger charge is -2.11. The number of carbonyl (C=O) groups is 2. The third-order valence-electron chi connectivity index (χ3n) is 3.01. The van der Waals surface area contributed by atoms with Gasteiger partial charge in [-0.05, 0) is 24.6 Å². The highest BCUT2D eigenvalue weighted by molar-refractivity contribution is 6.32. The van der Waals surface area contributed by atoms with E-state index in [1.54, 1.807) is 18.2 Å². The van der Waals surface area contributed by atoms with Crippen molar-refractivity contribution in [3.8, 4) is 5.75 Å². The summed E-state index contributed by atoms with van der Waals surface area (Å²) in [6.07, 6.45) is 1.13. The van der Waals surface area contributed by atoms with Gasteiger partial charge in [-0.15, -0.1) is 0 Å². The minimum absolute atomic E-state index is 0.0912. The van der Waals surface area contributed by atoms with Crippen molar-refractivity contribution in [1.29, 1.82) is 0 Å². The van der Waals surface area contributed by atoms with E-state index in [1.165, 1.54) is 0 Å². The van der Waals surface area contributed by atoms with Crippen LogP contribution in [0.4, 0.5) is 5.69 Å². The minimum atomic E-state index is -0.322. The highest BCUT2D eigenvalue weighted by Crippen LogP contribution is 2.28. The molecule has 1 heterocycles. The summed E-state index contributed by atoms with van der Waals surface area (Å²) < 4.78 is 5.46. The van der Waals surface area contributed by atoms with Crippen LogP contribution in [0.3, 0.4) is 0 Å². The first-order valence-electron chi connectivity index (χ1n) is 6.60. The molecule has 1 unspecified atom stereocenters. The molecule has 2 N–H and O–H groups in total. The smallest absolute Gasteiger partial charge is 0.229 e. The molecule has 1 saturated heterocycles. The number of carbonyl (C=O) groups excluding carboxylic acids is 2. The number of hydrogen-bond donors (Lipinski definition) is 2. The summed E-state index contributed by atoms with van der Waals surface area (Å²) in [7, 11) is 0. The first kappa shape index (κ1) is 14.7. The SMILES string of the molecule is CCCOc1ccc(NC(=O)C2CNC(=O)C2)cc1Cl. The zero-order chi connectivity index (χ0) is 14.5. The lowest BCUT2D eigenvalue weighted by atomic mass is 10.1. The molecule has 0 aromatic heterocycles. The molecule has 108 valence electrons. The summed E-state index contributed by atoms with van der Waals surface area (Å²) in [5.74, 6) is 0.00894. The summed E-state index contributed by atoms with van der Waals surface area (Å²) in [6, 6.07) is 5.11. The maximum absolute atomic E-state index is 12.0. The van der Waals surface area contributed by atoms with Gasteiger partial charge in [-0.25, -0.2) is 0 Å². The van der Waals surface area contributed by atoms with Gasteiger partial charge in [-0.2, -0.15) is 0 Å². The molecule has 20 heavy (non-hydrogen) atoms. The molecule has 0 saturated carbocycles. The van der Waals surface area contributed by atoms with Gasteiger partial charge in [-0.3, -0.25) is 9.59 Å². The van der Waals surface area contributed by atoms with E-state index >= 15 is 0 Å².